The number of benzene rings is 2. The van der Waals surface area contributed by atoms with Gasteiger partial charge in [0.25, 0.3) is 0 Å². The standard InChI is InChI=1S/C20H15BrF3NO5/c1-10(26)30-17-9-28-16-7-11(5-6-13(16)17)25(19(27)20(22,23)24)15-8-29-18-12(15)3-2-4-14(18)21/h2-7,15,17H,8-9H2,1H3/t15?,17-/m1/s1. The van der Waals surface area contributed by atoms with Gasteiger partial charge >= 0.3 is 18.1 Å². The van der Waals surface area contributed by atoms with E-state index in [4.69, 9.17) is 14.2 Å². The molecule has 0 aromatic heterocycles. The molecule has 2 aliphatic rings. The van der Waals surface area contributed by atoms with Gasteiger partial charge in [-0.1, -0.05) is 12.1 Å². The number of halogens is 4. The summed E-state index contributed by atoms with van der Waals surface area (Å²) in [5.41, 5.74) is 0.987. The van der Waals surface area contributed by atoms with E-state index in [0.29, 0.717) is 26.2 Å². The monoisotopic (exact) mass is 485 g/mol. The molecule has 0 saturated carbocycles. The first-order valence-electron chi connectivity index (χ1n) is 8.92. The molecule has 0 bridgehead atoms. The third-order valence-corrected chi connectivity index (χ3v) is 5.46. The van der Waals surface area contributed by atoms with Gasteiger partial charge in [-0.05, 0) is 34.1 Å². The SMILES string of the molecule is CC(=O)O[C@@H]1COc2cc(N(C(=O)C(F)(F)F)C3COc4c(Br)cccc43)ccc21. The number of carbonyl (C=O) groups excluding carboxylic acids is 2. The Kier molecular flexibility index (Phi) is 5.13. The Morgan fingerprint density at radius 2 is 1.90 bits per heavy atom. The maximum atomic E-state index is 13.4. The maximum Gasteiger partial charge on any atom is 0.471 e. The molecule has 0 aliphatic carbocycles. The molecule has 4 rings (SSSR count). The molecule has 0 radical (unpaired) electrons. The summed E-state index contributed by atoms with van der Waals surface area (Å²) in [4.78, 5) is 24.3. The number of esters is 1. The summed E-state index contributed by atoms with van der Waals surface area (Å²) < 4.78 is 57.1. The smallest absolute Gasteiger partial charge is 0.471 e. The Morgan fingerprint density at radius 1 is 1.13 bits per heavy atom. The molecule has 30 heavy (non-hydrogen) atoms. The van der Waals surface area contributed by atoms with E-state index in [0.717, 1.165) is 0 Å². The zero-order valence-corrected chi connectivity index (χ0v) is 17.1. The zero-order chi connectivity index (χ0) is 21.6. The summed E-state index contributed by atoms with van der Waals surface area (Å²) in [5.74, 6) is -1.86. The fourth-order valence-corrected chi connectivity index (χ4v) is 4.09. The van der Waals surface area contributed by atoms with Gasteiger partial charge in [0.1, 0.15) is 24.7 Å². The molecule has 0 spiro atoms. The highest BCUT2D eigenvalue weighted by Gasteiger charge is 2.48. The average Bonchev–Trinajstić information content (AvgIpc) is 3.26. The van der Waals surface area contributed by atoms with Crippen LogP contribution in [0.3, 0.4) is 0 Å². The number of hydrogen-bond acceptors (Lipinski definition) is 5. The van der Waals surface area contributed by atoms with Gasteiger partial charge in [0.15, 0.2) is 6.10 Å². The molecule has 1 amide bonds. The van der Waals surface area contributed by atoms with Crippen LogP contribution < -0.4 is 14.4 Å². The topological polar surface area (TPSA) is 65.1 Å². The molecule has 0 fully saturated rings. The highest BCUT2D eigenvalue weighted by atomic mass is 79.9. The molecular formula is C20H15BrF3NO5. The molecule has 0 N–H and O–H groups in total. The zero-order valence-electron chi connectivity index (χ0n) is 15.5. The molecule has 158 valence electrons. The lowest BCUT2D eigenvalue weighted by Gasteiger charge is -2.29. The summed E-state index contributed by atoms with van der Waals surface area (Å²) in [7, 11) is 0. The van der Waals surface area contributed by atoms with Crippen LogP contribution in [-0.4, -0.2) is 31.3 Å². The number of fused-ring (bicyclic) bond motifs is 2. The number of amides is 1. The Hall–Kier alpha value is -2.75. The summed E-state index contributed by atoms with van der Waals surface area (Å²) in [5, 5.41) is 0. The van der Waals surface area contributed by atoms with E-state index < -0.39 is 30.2 Å². The van der Waals surface area contributed by atoms with Crippen LogP contribution in [0.25, 0.3) is 0 Å². The van der Waals surface area contributed by atoms with E-state index >= 15 is 0 Å². The first-order valence-corrected chi connectivity index (χ1v) is 9.71. The maximum absolute atomic E-state index is 13.4. The minimum atomic E-state index is -5.09. The highest BCUT2D eigenvalue weighted by molar-refractivity contribution is 9.10. The van der Waals surface area contributed by atoms with Crippen LogP contribution >= 0.6 is 15.9 Å². The summed E-state index contributed by atoms with van der Waals surface area (Å²) in [6.45, 7) is 1.17. The predicted molar refractivity (Wildman–Crippen MR) is 102 cm³/mol. The van der Waals surface area contributed by atoms with Crippen LogP contribution in [0.4, 0.5) is 18.9 Å². The van der Waals surface area contributed by atoms with E-state index in [1.165, 1.54) is 25.1 Å². The van der Waals surface area contributed by atoms with Crippen molar-refractivity contribution in [2.24, 2.45) is 0 Å². The van der Waals surface area contributed by atoms with Crippen LogP contribution in [0.15, 0.2) is 40.9 Å². The van der Waals surface area contributed by atoms with Crippen molar-refractivity contribution in [3.63, 3.8) is 0 Å². The molecule has 2 atom stereocenters. The number of nitrogens with zero attached hydrogens (tertiary/aromatic N) is 1. The molecular weight excluding hydrogens is 471 g/mol. The number of hydrogen-bond donors (Lipinski definition) is 0. The molecule has 10 heteroatoms. The highest BCUT2D eigenvalue weighted by Crippen LogP contribution is 2.45. The molecule has 1 unspecified atom stereocenters. The lowest BCUT2D eigenvalue weighted by Crippen LogP contribution is -2.44. The number of carbonyl (C=O) groups is 2. The number of para-hydroxylation sites is 1. The number of alkyl halides is 3. The molecule has 2 heterocycles. The van der Waals surface area contributed by atoms with Gasteiger partial charge in [-0.25, -0.2) is 0 Å². The van der Waals surface area contributed by atoms with Crippen molar-refractivity contribution < 1.29 is 37.0 Å². The van der Waals surface area contributed by atoms with Crippen LogP contribution in [0.2, 0.25) is 0 Å². The van der Waals surface area contributed by atoms with Gasteiger partial charge < -0.3 is 14.2 Å². The van der Waals surface area contributed by atoms with E-state index in [2.05, 4.69) is 15.9 Å². The van der Waals surface area contributed by atoms with E-state index in [1.54, 1.807) is 18.2 Å². The molecule has 2 aromatic rings. The Balaban J connectivity index is 1.75. The lowest BCUT2D eigenvalue weighted by molar-refractivity contribution is -0.171. The fourth-order valence-electron chi connectivity index (χ4n) is 3.60. The first kappa shape index (κ1) is 20.5. The average molecular weight is 486 g/mol. The van der Waals surface area contributed by atoms with Gasteiger partial charge in [0.2, 0.25) is 0 Å². The van der Waals surface area contributed by atoms with Gasteiger partial charge in [-0.3, -0.25) is 14.5 Å². The Labute approximate surface area is 177 Å². The normalized spacial score (nSPS) is 19.4. The van der Waals surface area contributed by atoms with Gasteiger partial charge in [-0.2, -0.15) is 13.2 Å². The molecule has 0 saturated heterocycles. The first-order chi connectivity index (χ1) is 14.2. The van der Waals surface area contributed by atoms with E-state index in [-0.39, 0.29) is 24.7 Å². The summed E-state index contributed by atoms with van der Waals surface area (Å²) in [6.07, 6.45) is -5.74. The van der Waals surface area contributed by atoms with Gasteiger partial charge in [0.05, 0.1) is 10.5 Å². The third-order valence-electron chi connectivity index (χ3n) is 4.84. The van der Waals surface area contributed by atoms with Gasteiger partial charge in [-0.15, -0.1) is 0 Å². The minimum absolute atomic E-state index is 0.000903. The number of anilines is 1. The van der Waals surface area contributed by atoms with Crippen LogP contribution in [0.5, 0.6) is 11.5 Å². The molecule has 2 aromatic carbocycles. The van der Waals surface area contributed by atoms with Crippen LogP contribution in [-0.2, 0) is 14.3 Å². The Morgan fingerprint density at radius 3 is 2.60 bits per heavy atom. The van der Waals surface area contributed by atoms with Gasteiger partial charge in [0, 0.05) is 29.8 Å². The Bertz CT molecular complexity index is 1030. The van der Waals surface area contributed by atoms with Crippen molar-refractivity contribution >= 4 is 33.5 Å². The van der Waals surface area contributed by atoms with Crippen LogP contribution in [0.1, 0.15) is 30.2 Å². The second-order valence-electron chi connectivity index (χ2n) is 6.79. The van der Waals surface area contributed by atoms with Crippen molar-refractivity contribution in [1.82, 2.24) is 0 Å². The van der Waals surface area contributed by atoms with Crippen molar-refractivity contribution in [2.45, 2.75) is 25.2 Å². The largest absolute Gasteiger partial charge is 0.490 e. The number of rotatable bonds is 3. The third kappa shape index (κ3) is 3.60. The van der Waals surface area contributed by atoms with Crippen molar-refractivity contribution in [1.29, 1.82) is 0 Å². The van der Waals surface area contributed by atoms with Crippen molar-refractivity contribution in [3.05, 3.63) is 52.0 Å². The summed E-state index contributed by atoms with van der Waals surface area (Å²) >= 11 is 3.31. The predicted octanol–water partition coefficient (Wildman–Crippen LogP) is 4.47. The fraction of sp³-hybridized carbons (Fsp3) is 0.300. The molecule has 6 nitrogen and oxygen atoms in total. The van der Waals surface area contributed by atoms with Crippen molar-refractivity contribution in [3.8, 4) is 11.5 Å². The molecule has 2 aliphatic heterocycles. The lowest BCUT2D eigenvalue weighted by atomic mass is 10.0. The van der Waals surface area contributed by atoms with Crippen molar-refractivity contribution in [2.75, 3.05) is 18.1 Å². The van der Waals surface area contributed by atoms with E-state index in [1.807, 2.05) is 0 Å². The van der Waals surface area contributed by atoms with Crippen LogP contribution in [0, 0.1) is 0 Å². The minimum Gasteiger partial charge on any atom is -0.490 e. The quantitative estimate of drug-likeness (QED) is 0.600. The number of ether oxygens (including phenoxy) is 3. The van der Waals surface area contributed by atoms with E-state index in [9.17, 15) is 22.8 Å². The summed E-state index contributed by atoms with van der Waals surface area (Å²) in [6, 6.07) is 8.23. The second-order valence-corrected chi connectivity index (χ2v) is 7.64. The second kappa shape index (κ2) is 7.50.